The molecule has 10 heteroatoms. The number of carbonyl (C=O) groups excluding carboxylic acids is 1. The van der Waals surface area contributed by atoms with E-state index in [-0.39, 0.29) is 24.4 Å². The van der Waals surface area contributed by atoms with Crippen LogP contribution in [0.2, 0.25) is 0 Å². The number of ether oxygens (including phenoxy) is 1. The number of rotatable bonds is 7. The molecule has 0 aliphatic carbocycles. The van der Waals surface area contributed by atoms with E-state index < -0.39 is 27.2 Å². The van der Waals surface area contributed by atoms with Gasteiger partial charge in [-0.1, -0.05) is 0 Å². The number of furan rings is 1. The first-order valence-electron chi connectivity index (χ1n) is 6.84. The molecule has 0 aliphatic rings. The van der Waals surface area contributed by atoms with Gasteiger partial charge in [0.2, 0.25) is 0 Å². The van der Waals surface area contributed by atoms with E-state index in [0.717, 1.165) is 12.1 Å². The van der Waals surface area contributed by atoms with Crippen molar-refractivity contribution in [1.29, 1.82) is 0 Å². The molecule has 0 fully saturated rings. The topological polar surface area (TPSA) is 138 Å². The number of carbonyl (C=O) groups is 1. The summed E-state index contributed by atoms with van der Waals surface area (Å²) in [6, 6.07) is 5.10. The zero-order valence-electron chi connectivity index (χ0n) is 12.6. The number of nitrogens with one attached hydrogen (secondary N) is 1. The fourth-order valence-electron chi connectivity index (χ4n) is 2.00. The SMILES string of the molecule is CCOC(=O)c1cc([N+](=O)[O-])c(NCc2ccco2)c([N+](=O)[O-])c1. The average Bonchev–Trinajstić information content (AvgIpc) is 3.05. The van der Waals surface area contributed by atoms with Gasteiger partial charge in [-0.2, -0.15) is 0 Å². The summed E-state index contributed by atoms with van der Waals surface area (Å²) in [5.74, 6) is -0.436. The molecule has 10 nitrogen and oxygen atoms in total. The Balaban J connectivity index is 2.47. The molecule has 0 saturated carbocycles. The molecular formula is C14H13N3O7. The average molecular weight is 335 g/mol. The maximum absolute atomic E-state index is 11.7. The van der Waals surface area contributed by atoms with Crippen molar-refractivity contribution in [3.8, 4) is 0 Å². The molecule has 24 heavy (non-hydrogen) atoms. The Morgan fingerprint density at radius 3 is 2.33 bits per heavy atom. The van der Waals surface area contributed by atoms with E-state index >= 15 is 0 Å². The molecule has 1 aromatic heterocycles. The molecule has 126 valence electrons. The fraction of sp³-hybridized carbons (Fsp3) is 0.214. The van der Waals surface area contributed by atoms with Crippen molar-refractivity contribution in [2.75, 3.05) is 11.9 Å². The number of nitrogens with zero attached hydrogens (tertiary/aromatic N) is 2. The highest BCUT2D eigenvalue weighted by molar-refractivity contribution is 5.93. The molecule has 2 aromatic rings. The summed E-state index contributed by atoms with van der Waals surface area (Å²) >= 11 is 0. The van der Waals surface area contributed by atoms with Crippen molar-refractivity contribution in [3.63, 3.8) is 0 Å². The molecule has 0 unspecified atom stereocenters. The van der Waals surface area contributed by atoms with E-state index in [1.807, 2.05) is 0 Å². The quantitative estimate of drug-likeness (QED) is 0.463. The molecule has 0 saturated heterocycles. The van der Waals surface area contributed by atoms with Gasteiger partial charge in [0.25, 0.3) is 11.4 Å². The van der Waals surface area contributed by atoms with Crippen LogP contribution in [0.15, 0.2) is 34.9 Å². The Morgan fingerprint density at radius 1 is 1.25 bits per heavy atom. The molecule has 2 rings (SSSR count). The van der Waals surface area contributed by atoms with Crippen LogP contribution in [0.3, 0.4) is 0 Å². The Hall–Kier alpha value is -3.43. The van der Waals surface area contributed by atoms with Crippen molar-refractivity contribution < 1.29 is 23.8 Å². The van der Waals surface area contributed by atoms with Gasteiger partial charge < -0.3 is 14.5 Å². The van der Waals surface area contributed by atoms with Gasteiger partial charge in [0.15, 0.2) is 5.69 Å². The molecule has 0 aliphatic heterocycles. The summed E-state index contributed by atoms with van der Waals surface area (Å²) in [4.78, 5) is 32.7. The van der Waals surface area contributed by atoms with Crippen molar-refractivity contribution in [3.05, 3.63) is 62.1 Å². The van der Waals surface area contributed by atoms with Crippen LogP contribution >= 0.6 is 0 Å². The number of hydrogen-bond donors (Lipinski definition) is 1. The molecule has 1 heterocycles. The van der Waals surface area contributed by atoms with Crippen LogP contribution in [-0.2, 0) is 11.3 Å². The third-order valence-corrected chi connectivity index (χ3v) is 3.02. The Bertz CT molecular complexity index is 736. The number of anilines is 1. The van der Waals surface area contributed by atoms with Gasteiger partial charge in [0.05, 0.1) is 34.8 Å². The Labute approximate surface area is 135 Å². The zero-order valence-corrected chi connectivity index (χ0v) is 12.6. The van der Waals surface area contributed by atoms with Crippen LogP contribution in [0.25, 0.3) is 0 Å². The number of nitro benzene ring substituents is 2. The Kier molecular flexibility index (Phi) is 5.09. The molecule has 0 amide bonds. The van der Waals surface area contributed by atoms with Crippen LogP contribution in [-0.4, -0.2) is 22.4 Å². The van der Waals surface area contributed by atoms with Gasteiger partial charge >= 0.3 is 5.97 Å². The molecule has 1 aromatic carbocycles. The van der Waals surface area contributed by atoms with Gasteiger partial charge in [0, 0.05) is 12.1 Å². The lowest BCUT2D eigenvalue weighted by atomic mass is 10.1. The van der Waals surface area contributed by atoms with Gasteiger partial charge in [-0.3, -0.25) is 20.2 Å². The normalized spacial score (nSPS) is 10.2. The summed E-state index contributed by atoms with van der Waals surface area (Å²) in [5, 5.41) is 25.1. The Morgan fingerprint density at radius 2 is 1.88 bits per heavy atom. The lowest BCUT2D eigenvalue weighted by Gasteiger charge is -2.08. The van der Waals surface area contributed by atoms with Crippen molar-refractivity contribution in [1.82, 2.24) is 0 Å². The largest absolute Gasteiger partial charge is 0.467 e. The summed E-state index contributed by atoms with van der Waals surface area (Å²) in [7, 11) is 0. The van der Waals surface area contributed by atoms with Crippen molar-refractivity contribution >= 4 is 23.0 Å². The molecule has 0 atom stereocenters. The standard InChI is InChI=1S/C14H13N3O7/c1-2-23-14(18)9-6-11(16(19)20)13(12(7-9)17(21)22)15-8-10-4-3-5-24-10/h3-7,15H,2,8H2,1H3. The highest BCUT2D eigenvalue weighted by Crippen LogP contribution is 2.36. The lowest BCUT2D eigenvalue weighted by Crippen LogP contribution is -2.10. The number of esters is 1. The summed E-state index contributed by atoms with van der Waals surface area (Å²) in [5.41, 5.74) is -1.77. The van der Waals surface area contributed by atoms with Crippen LogP contribution < -0.4 is 5.32 Å². The first kappa shape index (κ1) is 16.9. The zero-order chi connectivity index (χ0) is 17.7. The monoisotopic (exact) mass is 335 g/mol. The van der Waals surface area contributed by atoms with E-state index in [0.29, 0.717) is 5.76 Å². The maximum atomic E-state index is 11.7. The number of hydrogen-bond acceptors (Lipinski definition) is 8. The van der Waals surface area contributed by atoms with Crippen LogP contribution in [0, 0.1) is 20.2 Å². The van der Waals surface area contributed by atoms with E-state index in [4.69, 9.17) is 9.15 Å². The number of nitro groups is 2. The lowest BCUT2D eigenvalue weighted by molar-refractivity contribution is -0.392. The van der Waals surface area contributed by atoms with Gasteiger partial charge in [-0.15, -0.1) is 0 Å². The first-order chi connectivity index (χ1) is 11.4. The smallest absolute Gasteiger partial charge is 0.338 e. The van der Waals surface area contributed by atoms with E-state index in [1.54, 1.807) is 19.1 Å². The van der Waals surface area contributed by atoms with Gasteiger partial charge in [0.1, 0.15) is 5.76 Å². The maximum Gasteiger partial charge on any atom is 0.338 e. The van der Waals surface area contributed by atoms with Crippen LogP contribution in [0.5, 0.6) is 0 Å². The molecule has 0 bridgehead atoms. The second-order valence-electron chi connectivity index (χ2n) is 4.56. The van der Waals surface area contributed by atoms with Gasteiger partial charge in [-0.05, 0) is 19.1 Å². The molecular weight excluding hydrogens is 322 g/mol. The summed E-state index contributed by atoms with van der Waals surface area (Å²) in [6.07, 6.45) is 1.41. The van der Waals surface area contributed by atoms with E-state index in [9.17, 15) is 25.0 Å². The third kappa shape index (κ3) is 3.66. The van der Waals surface area contributed by atoms with Crippen molar-refractivity contribution in [2.24, 2.45) is 0 Å². The minimum atomic E-state index is -0.874. The van der Waals surface area contributed by atoms with Crippen molar-refractivity contribution in [2.45, 2.75) is 13.5 Å². The van der Waals surface area contributed by atoms with E-state index in [2.05, 4.69) is 5.32 Å². The first-order valence-corrected chi connectivity index (χ1v) is 6.84. The van der Waals surface area contributed by atoms with Crippen LogP contribution in [0.4, 0.5) is 17.1 Å². The molecule has 0 radical (unpaired) electrons. The molecule has 1 N–H and O–H groups in total. The van der Waals surface area contributed by atoms with Crippen LogP contribution in [0.1, 0.15) is 23.0 Å². The summed E-state index contributed by atoms with van der Waals surface area (Å²) < 4.78 is 9.81. The highest BCUT2D eigenvalue weighted by Gasteiger charge is 2.29. The minimum Gasteiger partial charge on any atom is -0.467 e. The molecule has 0 spiro atoms. The second kappa shape index (κ2) is 7.22. The predicted octanol–water partition coefficient (Wildman–Crippen LogP) is 2.88. The fourth-order valence-corrected chi connectivity index (χ4v) is 2.00. The summed E-state index contributed by atoms with van der Waals surface area (Å²) in [6.45, 7) is 1.60. The number of benzene rings is 1. The van der Waals surface area contributed by atoms with Gasteiger partial charge in [-0.25, -0.2) is 4.79 Å². The second-order valence-corrected chi connectivity index (χ2v) is 4.56. The predicted molar refractivity (Wildman–Crippen MR) is 81.7 cm³/mol. The minimum absolute atomic E-state index is 0.00737. The highest BCUT2D eigenvalue weighted by atomic mass is 16.6. The third-order valence-electron chi connectivity index (χ3n) is 3.02. The van der Waals surface area contributed by atoms with E-state index in [1.165, 1.54) is 6.26 Å².